The number of rotatable bonds is 6. The quantitative estimate of drug-likeness (QED) is 0.424. The highest BCUT2D eigenvalue weighted by Crippen LogP contribution is 2.41. The molecule has 1 saturated carbocycles. The van der Waals surface area contributed by atoms with Crippen molar-refractivity contribution >= 4 is 11.6 Å². The Kier molecular flexibility index (Phi) is 6.36. The van der Waals surface area contributed by atoms with E-state index in [0.717, 1.165) is 37.2 Å². The van der Waals surface area contributed by atoms with E-state index in [4.69, 9.17) is 4.74 Å². The Balaban J connectivity index is 1.33. The first-order valence-electron chi connectivity index (χ1n) is 11.4. The van der Waals surface area contributed by atoms with E-state index in [0.29, 0.717) is 23.5 Å². The second kappa shape index (κ2) is 9.38. The predicted octanol–water partition coefficient (Wildman–Crippen LogP) is 5.51. The minimum Gasteiger partial charge on any atom is -0.424 e. The van der Waals surface area contributed by atoms with Crippen molar-refractivity contribution in [2.75, 3.05) is 23.3 Å². The Bertz CT molecular complexity index is 1250. The normalized spacial score (nSPS) is 21.8. The van der Waals surface area contributed by atoms with Gasteiger partial charge in [-0.25, -0.2) is 9.07 Å². The second-order valence-corrected chi connectivity index (χ2v) is 9.12. The number of alkyl halides is 6. The van der Waals surface area contributed by atoms with E-state index in [1.807, 2.05) is 4.90 Å². The summed E-state index contributed by atoms with van der Waals surface area (Å²) >= 11 is 0. The summed E-state index contributed by atoms with van der Waals surface area (Å²) in [6, 6.07) is 6.80. The molecular weight excluding hydrogens is 509 g/mol. The van der Waals surface area contributed by atoms with Gasteiger partial charge in [-0.2, -0.15) is 31.3 Å². The fraction of sp³-hybridized carbons (Fsp3) is 0.435. The van der Waals surface area contributed by atoms with E-state index >= 15 is 0 Å². The highest BCUT2D eigenvalue weighted by molar-refractivity contribution is 5.49. The molecule has 0 amide bonds. The molecule has 3 heterocycles. The third-order valence-electron chi connectivity index (χ3n) is 6.50. The lowest BCUT2D eigenvalue weighted by atomic mass is 9.92. The van der Waals surface area contributed by atoms with Crippen LogP contribution >= 0.6 is 0 Å². The number of hydrogen-bond donors (Lipinski definition) is 1. The fourth-order valence-corrected chi connectivity index (χ4v) is 4.96. The molecule has 2 bridgehead atoms. The lowest BCUT2D eigenvalue weighted by Crippen LogP contribution is -2.48. The summed E-state index contributed by atoms with van der Waals surface area (Å²) in [5, 5.41) is 7.04. The summed E-state index contributed by atoms with van der Waals surface area (Å²) < 4.78 is 98.1. The number of aromatic nitrogens is 4. The van der Waals surface area contributed by atoms with Crippen molar-refractivity contribution in [2.45, 2.75) is 37.8 Å². The van der Waals surface area contributed by atoms with Crippen LogP contribution in [-0.2, 0) is 12.7 Å². The molecule has 5 rings (SSSR count). The Morgan fingerprint density at radius 1 is 1.00 bits per heavy atom. The maximum absolute atomic E-state index is 13.5. The van der Waals surface area contributed by atoms with Crippen LogP contribution in [0.2, 0.25) is 0 Å². The van der Waals surface area contributed by atoms with Gasteiger partial charge in [0.15, 0.2) is 0 Å². The molecule has 14 heteroatoms. The summed E-state index contributed by atoms with van der Waals surface area (Å²) in [7, 11) is 0. The van der Waals surface area contributed by atoms with Crippen LogP contribution in [0.25, 0.3) is 0 Å². The third-order valence-corrected chi connectivity index (χ3v) is 6.50. The molecule has 2 aliphatic rings. The summed E-state index contributed by atoms with van der Waals surface area (Å²) in [5.41, 5.74) is -0.557. The molecule has 3 aromatic rings. The number of benzene rings is 1. The number of piperidine rings is 1. The monoisotopic (exact) mass is 530 g/mol. The largest absolute Gasteiger partial charge is 0.433 e. The van der Waals surface area contributed by atoms with Gasteiger partial charge in [-0.15, -0.1) is 5.10 Å². The van der Waals surface area contributed by atoms with Crippen molar-refractivity contribution in [2.24, 2.45) is 11.8 Å². The van der Waals surface area contributed by atoms with Crippen molar-refractivity contribution < 1.29 is 35.5 Å². The Hall–Kier alpha value is -3.58. The zero-order chi connectivity index (χ0) is 26.4. The van der Waals surface area contributed by atoms with Crippen molar-refractivity contribution in [1.82, 2.24) is 19.7 Å². The Labute approximate surface area is 206 Å². The average molecular weight is 530 g/mol. The van der Waals surface area contributed by atoms with E-state index in [-0.39, 0.29) is 29.6 Å². The minimum atomic E-state index is -4.60. The number of nitrogens with one attached hydrogen (secondary N) is 1. The number of anilines is 2. The number of fused-ring (bicyclic) bond motifs is 2. The van der Waals surface area contributed by atoms with E-state index in [2.05, 4.69) is 20.4 Å². The molecule has 2 unspecified atom stereocenters. The van der Waals surface area contributed by atoms with Crippen LogP contribution in [0.1, 0.15) is 18.5 Å². The number of halogens is 7. The first kappa shape index (κ1) is 25.1. The zero-order valence-electron chi connectivity index (χ0n) is 19.1. The van der Waals surface area contributed by atoms with Crippen molar-refractivity contribution in [3.63, 3.8) is 0 Å². The van der Waals surface area contributed by atoms with Crippen LogP contribution in [0.5, 0.6) is 11.8 Å². The van der Waals surface area contributed by atoms with Crippen LogP contribution in [0.15, 0.2) is 42.6 Å². The van der Waals surface area contributed by atoms with Crippen LogP contribution in [0.4, 0.5) is 42.4 Å². The predicted molar refractivity (Wildman–Crippen MR) is 118 cm³/mol. The van der Waals surface area contributed by atoms with Gasteiger partial charge >= 0.3 is 18.4 Å². The first-order chi connectivity index (χ1) is 17.4. The van der Waals surface area contributed by atoms with Crippen LogP contribution in [0.3, 0.4) is 0 Å². The smallest absolute Gasteiger partial charge is 0.424 e. The molecule has 1 N–H and O–H groups in total. The summed E-state index contributed by atoms with van der Waals surface area (Å²) in [6.45, 7) is -0.558. The SMILES string of the molecule is Fc1cccc(Oc2nc(NC3C4CCC3CN(c3ccnc(C(F)(F)F)c3)C4)nn2CC(F)(F)F)c1. The maximum Gasteiger partial charge on any atom is 0.433 e. The molecule has 0 spiro atoms. The Morgan fingerprint density at radius 2 is 1.73 bits per heavy atom. The van der Waals surface area contributed by atoms with Gasteiger partial charge in [0.1, 0.15) is 23.8 Å². The van der Waals surface area contributed by atoms with Crippen LogP contribution in [0, 0.1) is 17.7 Å². The molecule has 198 valence electrons. The van der Waals surface area contributed by atoms with Gasteiger partial charge in [-0.05, 0) is 48.9 Å². The maximum atomic E-state index is 13.5. The highest BCUT2D eigenvalue weighted by Gasteiger charge is 2.43. The van der Waals surface area contributed by atoms with Crippen molar-refractivity contribution in [3.05, 3.63) is 54.1 Å². The molecule has 7 nitrogen and oxygen atoms in total. The minimum absolute atomic E-state index is 0.00315. The van der Waals surface area contributed by atoms with Gasteiger partial charge in [0, 0.05) is 37.1 Å². The molecule has 1 aromatic carbocycles. The van der Waals surface area contributed by atoms with E-state index in [1.54, 1.807) is 0 Å². The van der Waals surface area contributed by atoms with Crippen LogP contribution in [-0.4, -0.2) is 45.1 Å². The van der Waals surface area contributed by atoms with Crippen molar-refractivity contribution in [3.8, 4) is 11.8 Å². The number of ether oxygens (including phenoxy) is 1. The standard InChI is InChI=1S/C23H21F7N6O/c24-15-2-1-3-17(8-15)37-21-33-20(34-36(21)12-22(25,26)27)32-19-13-4-5-14(19)11-35(10-13)16-6-7-31-18(9-16)23(28,29)30/h1-3,6-9,13-14,19H,4-5,10-12H2,(H,32,34). The third kappa shape index (κ3) is 5.72. The highest BCUT2D eigenvalue weighted by atomic mass is 19.4. The van der Waals surface area contributed by atoms with E-state index in [1.165, 1.54) is 18.2 Å². The molecule has 0 radical (unpaired) electrons. The van der Waals surface area contributed by atoms with Crippen LogP contribution < -0.4 is 15.0 Å². The summed E-state index contributed by atoms with van der Waals surface area (Å²) in [6.07, 6.45) is -6.46. The van der Waals surface area contributed by atoms with E-state index in [9.17, 15) is 30.7 Å². The second-order valence-electron chi connectivity index (χ2n) is 9.12. The van der Waals surface area contributed by atoms with E-state index < -0.39 is 36.4 Å². The molecule has 1 aliphatic carbocycles. The van der Waals surface area contributed by atoms with Gasteiger partial charge < -0.3 is 15.0 Å². The van der Waals surface area contributed by atoms with Gasteiger partial charge in [0.25, 0.3) is 0 Å². The molecule has 2 fully saturated rings. The lowest BCUT2D eigenvalue weighted by molar-refractivity contribution is -0.143. The zero-order valence-corrected chi connectivity index (χ0v) is 19.1. The Morgan fingerprint density at radius 3 is 2.38 bits per heavy atom. The van der Waals surface area contributed by atoms with Gasteiger partial charge in [-0.3, -0.25) is 4.98 Å². The fourth-order valence-electron chi connectivity index (χ4n) is 4.96. The average Bonchev–Trinajstić information content (AvgIpc) is 3.26. The van der Waals surface area contributed by atoms with Gasteiger partial charge in [0.05, 0.1) is 0 Å². The number of hydrogen-bond acceptors (Lipinski definition) is 6. The molecule has 37 heavy (non-hydrogen) atoms. The molecule has 2 atom stereocenters. The van der Waals surface area contributed by atoms with Gasteiger partial charge in [0.2, 0.25) is 5.95 Å². The molecule has 2 aromatic heterocycles. The molecule has 1 saturated heterocycles. The summed E-state index contributed by atoms with van der Waals surface area (Å²) in [4.78, 5) is 9.35. The first-order valence-corrected chi connectivity index (χ1v) is 11.4. The molecular formula is C23H21F7N6O. The number of nitrogens with zero attached hydrogens (tertiary/aromatic N) is 5. The summed E-state index contributed by atoms with van der Waals surface area (Å²) in [5.74, 6) is -0.731. The van der Waals surface area contributed by atoms with Crippen molar-refractivity contribution in [1.29, 1.82) is 0 Å². The lowest BCUT2D eigenvalue weighted by Gasteiger charge is -2.39. The number of pyridine rings is 1. The van der Waals surface area contributed by atoms with Gasteiger partial charge in [-0.1, -0.05) is 6.07 Å². The topological polar surface area (TPSA) is 68.1 Å². The molecule has 1 aliphatic heterocycles.